The minimum absolute atomic E-state index is 0.110. The molecule has 3 nitrogen and oxygen atoms in total. The maximum atomic E-state index is 13.4. The van der Waals surface area contributed by atoms with Crippen LogP contribution in [0.1, 0.15) is 10.4 Å². The van der Waals surface area contributed by atoms with E-state index < -0.39 is 5.82 Å². The molecule has 2 rings (SSSR count). The van der Waals surface area contributed by atoms with Crippen LogP contribution in [0.5, 0.6) is 0 Å². The minimum Gasteiger partial charge on any atom is -0.360 e. The fourth-order valence-electron chi connectivity index (χ4n) is 1.47. The molecule has 1 heterocycles. The molecule has 0 fully saturated rings. The Hall–Kier alpha value is -1.68. The van der Waals surface area contributed by atoms with Gasteiger partial charge in [0, 0.05) is 22.7 Å². The van der Waals surface area contributed by atoms with Gasteiger partial charge in [-0.1, -0.05) is 6.07 Å². The van der Waals surface area contributed by atoms with Gasteiger partial charge in [0.15, 0.2) is 5.78 Å². The lowest BCUT2D eigenvalue weighted by molar-refractivity contribution is 0.100. The minimum atomic E-state index is -0.402. The molecule has 0 aliphatic rings. The second kappa shape index (κ2) is 3.23. The third-order valence-corrected chi connectivity index (χ3v) is 2.14. The van der Waals surface area contributed by atoms with Crippen molar-refractivity contribution in [1.29, 1.82) is 0 Å². The highest BCUT2D eigenvalue weighted by molar-refractivity contribution is 6.08. The Kier molecular flexibility index (Phi) is 2.05. The maximum absolute atomic E-state index is 13.4. The van der Waals surface area contributed by atoms with Gasteiger partial charge in [0.1, 0.15) is 5.82 Å². The molecule has 0 saturated carbocycles. The lowest BCUT2D eigenvalue weighted by Crippen LogP contribution is -2.13. The fraction of sp³-hybridized carbons (Fsp3) is 0.100. The van der Waals surface area contributed by atoms with Crippen molar-refractivity contribution in [3.8, 4) is 0 Å². The van der Waals surface area contributed by atoms with Gasteiger partial charge in [-0.25, -0.2) is 4.39 Å². The number of hydrogen-bond acceptors (Lipinski definition) is 2. The molecule has 0 unspecified atom stereocenters. The van der Waals surface area contributed by atoms with Crippen LogP contribution in [0, 0.1) is 5.82 Å². The van der Waals surface area contributed by atoms with Gasteiger partial charge >= 0.3 is 0 Å². The van der Waals surface area contributed by atoms with Gasteiger partial charge in [-0.2, -0.15) is 0 Å². The fourth-order valence-corrected chi connectivity index (χ4v) is 1.47. The van der Waals surface area contributed by atoms with Crippen LogP contribution < -0.4 is 5.73 Å². The molecule has 0 aliphatic heterocycles. The molecular weight excluding hydrogens is 183 g/mol. The Labute approximate surface area is 79.7 Å². The van der Waals surface area contributed by atoms with E-state index in [2.05, 4.69) is 4.98 Å². The number of benzene rings is 1. The SMILES string of the molecule is NCC(=O)c1c[nH]c2cccc(F)c12. The number of H-pyrrole nitrogens is 1. The molecular formula is C10H9FN2O. The van der Waals surface area contributed by atoms with E-state index in [0.717, 1.165) is 0 Å². The number of rotatable bonds is 2. The number of ketones is 1. The summed E-state index contributed by atoms with van der Waals surface area (Å²) in [7, 11) is 0. The summed E-state index contributed by atoms with van der Waals surface area (Å²) < 4.78 is 13.4. The number of carbonyl (C=O) groups excluding carboxylic acids is 1. The van der Waals surface area contributed by atoms with E-state index >= 15 is 0 Å². The highest BCUT2D eigenvalue weighted by Gasteiger charge is 2.13. The van der Waals surface area contributed by atoms with Gasteiger partial charge in [0.25, 0.3) is 0 Å². The van der Waals surface area contributed by atoms with Crippen molar-refractivity contribution in [1.82, 2.24) is 4.98 Å². The van der Waals surface area contributed by atoms with Crippen LogP contribution in [-0.2, 0) is 0 Å². The Balaban J connectivity index is 2.73. The van der Waals surface area contributed by atoms with E-state index in [4.69, 9.17) is 5.73 Å². The number of carbonyl (C=O) groups is 1. The average Bonchev–Trinajstić information content (AvgIpc) is 2.62. The van der Waals surface area contributed by atoms with Crippen molar-refractivity contribution in [3.05, 3.63) is 35.8 Å². The number of nitrogens with one attached hydrogen (secondary N) is 1. The molecule has 1 aromatic carbocycles. The molecule has 0 aliphatic carbocycles. The van der Waals surface area contributed by atoms with Crippen molar-refractivity contribution < 1.29 is 9.18 Å². The first-order valence-corrected chi connectivity index (χ1v) is 4.23. The summed E-state index contributed by atoms with van der Waals surface area (Å²) >= 11 is 0. The van der Waals surface area contributed by atoms with Crippen molar-refractivity contribution in [2.75, 3.05) is 6.54 Å². The first-order chi connectivity index (χ1) is 6.74. The predicted molar refractivity (Wildman–Crippen MR) is 51.6 cm³/mol. The molecule has 4 heteroatoms. The monoisotopic (exact) mass is 192 g/mol. The number of fused-ring (bicyclic) bond motifs is 1. The van der Waals surface area contributed by atoms with Crippen molar-refractivity contribution >= 4 is 16.7 Å². The second-order valence-electron chi connectivity index (χ2n) is 2.99. The molecule has 72 valence electrons. The normalized spacial score (nSPS) is 10.7. The Morgan fingerprint density at radius 3 is 3.00 bits per heavy atom. The number of halogens is 1. The molecule has 2 aromatic rings. The number of Topliss-reactive ketones (excluding diaryl/α,β-unsaturated/α-hetero) is 1. The molecule has 0 radical (unpaired) electrons. The van der Waals surface area contributed by atoms with E-state index in [0.29, 0.717) is 16.5 Å². The zero-order chi connectivity index (χ0) is 10.1. The number of aromatic amines is 1. The van der Waals surface area contributed by atoms with Gasteiger partial charge in [0.05, 0.1) is 6.54 Å². The molecule has 0 saturated heterocycles. The van der Waals surface area contributed by atoms with Crippen LogP contribution in [0.3, 0.4) is 0 Å². The van der Waals surface area contributed by atoms with Crippen LogP contribution in [0.2, 0.25) is 0 Å². The van der Waals surface area contributed by atoms with E-state index in [1.54, 1.807) is 12.1 Å². The van der Waals surface area contributed by atoms with Crippen LogP contribution in [0.15, 0.2) is 24.4 Å². The van der Waals surface area contributed by atoms with E-state index in [1.807, 2.05) is 0 Å². The highest BCUT2D eigenvalue weighted by Crippen LogP contribution is 2.21. The third-order valence-electron chi connectivity index (χ3n) is 2.14. The molecule has 0 amide bonds. The van der Waals surface area contributed by atoms with Gasteiger partial charge in [0.2, 0.25) is 0 Å². The lowest BCUT2D eigenvalue weighted by atomic mass is 10.1. The van der Waals surface area contributed by atoms with Gasteiger partial charge in [-0.15, -0.1) is 0 Å². The molecule has 0 spiro atoms. The quantitative estimate of drug-likeness (QED) is 0.707. The topological polar surface area (TPSA) is 58.9 Å². The summed E-state index contributed by atoms with van der Waals surface area (Å²) in [5, 5.41) is 0.322. The van der Waals surface area contributed by atoms with E-state index in [1.165, 1.54) is 12.3 Å². The van der Waals surface area contributed by atoms with Gasteiger partial charge in [-0.05, 0) is 12.1 Å². The molecule has 1 aromatic heterocycles. The highest BCUT2D eigenvalue weighted by atomic mass is 19.1. The number of nitrogens with two attached hydrogens (primary N) is 1. The van der Waals surface area contributed by atoms with Crippen molar-refractivity contribution in [3.63, 3.8) is 0 Å². The Morgan fingerprint density at radius 2 is 2.29 bits per heavy atom. The summed E-state index contributed by atoms with van der Waals surface area (Å²) in [5.74, 6) is -0.665. The summed E-state index contributed by atoms with van der Waals surface area (Å²) in [6, 6.07) is 4.63. The maximum Gasteiger partial charge on any atom is 0.178 e. The first kappa shape index (κ1) is 8.90. The standard InChI is InChI=1S/C10H9FN2O/c11-7-2-1-3-8-10(7)6(5-13-8)9(14)4-12/h1-3,5,13H,4,12H2. The van der Waals surface area contributed by atoms with E-state index in [-0.39, 0.29) is 12.3 Å². The molecule has 0 atom stereocenters. The summed E-state index contributed by atoms with van der Waals surface area (Å²) in [6.45, 7) is -0.110. The largest absolute Gasteiger partial charge is 0.360 e. The Morgan fingerprint density at radius 1 is 1.50 bits per heavy atom. The molecule has 14 heavy (non-hydrogen) atoms. The zero-order valence-electron chi connectivity index (χ0n) is 7.38. The lowest BCUT2D eigenvalue weighted by Gasteiger charge is -1.96. The molecule has 3 N–H and O–H groups in total. The predicted octanol–water partition coefficient (Wildman–Crippen LogP) is 1.45. The summed E-state index contributed by atoms with van der Waals surface area (Å²) in [4.78, 5) is 14.2. The smallest absolute Gasteiger partial charge is 0.178 e. The zero-order valence-corrected chi connectivity index (χ0v) is 7.38. The molecule has 0 bridgehead atoms. The van der Waals surface area contributed by atoms with Crippen molar-refractivity contribution in [2.45, 2.75) is 0 Å². The van der Waals surface area contributed by atoms with Crippen LogP contribution in [-0.4, -0.2) is 17.3 Å². The van der Waals surface area contributed by atoms with Crippen LogP contribution >= 0.6 is 0 Å². The second-order valence-corrected chi connectivity index (χ2v) is 2.99. The van der Waals surface area contributed by atoms with Crippen LogP contribution in [0.25, 0.3) is 10.9 Å². The van der Waals surface area contributed by atoms with Crippen molar-refractivity contribution in [2.24, 2.45) is 5.73 Å². The number of aromatic nitrogens is 1. The van der Waals surface area contributed by atoms with E-state index in [9.17, 15) is 9.18 Å². The summed E-state index contributed by atoms with van der Waals surface area (Å²) in [6.07, 6.45) is 1.49. The first-order valence-electron chi connectivity index (χ1n) is 4.23. The van der Waals surface area contributed by atoms with Crippen LogP contribution in [0.4, 0.5) is 4.39 Å². The van der Waals surface area contributed by atoms with Gasteiger partial charge < -0.3 is 10.7 Å². The Bertz CT molecular complexity index is 490. The average molecular weight is 192 g/mol. The summed E-state index contributed by atoms with van der Waals surface area (Å²) in [5.41, 5.74) is 6.15. The van der Waals surface area contributed by atoms with Gasteiger partial charge in [-0.3, -0.25) is 4.79 Å². The number of hydrogen-bond donors (Lipinski definition) is 2. The third kappa shape index (κ3) is 1.20.